The first kappa shape index (κ1) is 14.9. The van der Waals surface area contributed by atoms with Crippen molar-refractivity contribution < 1.29 is 0 Å². The van der Waals surface area contributed by atoms with Gasteiger partial charge in [-0.3, -0.25) is 0 Å². The molecule has 0 aromatic carbocycles. The number of nitrogens with one attached hydrogen (secondary N) is 2. The summed E-state index contributed by atoms with van der Waals surface area (Å²) in [5.74, 6) is 2.79. The summed E-state index contributed by atoms with van der Waals surface area (Å²) in [7, 11) is 0. The van der Waals surface area contributed by atoms with Gasteiger partial charge in [0, 0.05) is 0 Å². The van der Waals surface area contributed by atoms with Crippen LogP contribution in [0.2, 0.25) is 0 Å². The second-order valence-corrected chi connectivity index (χ2v) is 4.76. The average Bonchev–Trinajstić information content (AvgIpc) is 2.72. The summed E-state index contributed by atoms with van der Waals surface area (Å²) in [4.78, 5) is 0. The third-order valence-corrected chi connectivity index (χ3v) is 3.03. The van der Waals surface area contributed by atoms with Crippen molar-refractivity contribution in [2.45, 2.75) is 41.0 Å². The van der Waals surface area contributed by atoms with E-state index in [2.05, 4.69) is 31.4 Å². The summed E-state index contributed by atoms with van der Waals surface area (Å²) >= 11 is 0. The summed E-state index contributed by atoms with van der Waals surface area (Å²) in [5, 5.41) is 6.51. The summed E-state index contributed by atoms with van der Waals surface area (Å²) < 4.78 is 0. The van der Waals surface area contributed by atoms with Gasteiger partial charge in [0.15, 0.2) is 0 Å². The predicted molar refractivity (Wildman–Crippen MR) is 69.2 cm³/mol. The fourth-order valence-electron chi connectivity index (χ4n) is 1.68. The quantitative estimate of drug-likeness (QED) is 0.701. The van der Waals surface area contributed by atoms with E-state index in [-0.39, 0.29) is 0 Å². The first-order valence-electron chi connectivity index (χ1n) is 6.61. The minimum Gasteiger partial charge on any atom is -0.316 e. The fraction of sp³-hybridized carbons (Fsp3) is 1.00. The van der Waals surface area contributed by atoms with Gasteiger partial charge in [0.05, 0.1) is 0 Å². The zero-order chi connectivity index (χ0) is 11.7. The van der Waals surface area contributed by atoms with Crippen molar-refractivity contribution in [1.29, 1.82) is 0 Å². The molecule has 0 bridgehead atoms. The molecule has 0 aromatic rings. The van der Waals surface area contributed by atoms with Gasteiger partial charge in [0.25, 0.3) is 0 Å². The van der Waals surface area contributed by atoms with Gasteiger partial charge in [0.2, 0.25) is 0 Å². The smallest absolute Gasteiger partial charge is 0.00109 e. The summed E-state index contributed by atoms with van der Waals surface area (Å²) in [6, 6.07) is 0. The first-order chi connectivity index (χ1) is 7.20. The summed E-state index contributed by atoms with van der Waals surface area (Å²) in [6.45, 7) is 15.8. The van der Waals surface area contributed by atoms with Crippen molar-refractivity contribution in [2.24, 2.45) is 17.8 Å². The topological polar surface area (TPSA) is 24.1 Å². The Morgan fingerprint density at radius 3 is 1.67 bits per heavy atom. The Labute approximate surface area is 96.2 Å². The molecule has 2 heterocycles. The van der Waals surface area contributed by atoms with Crippen molar-refractivity contribution in [3.05, 3.63) is 0 Å². The van der Waals surface area contributed by atoms with E-state index in [1.807, 2.05) is 13.8 Å². The van der Waals surface area contributed by atoms with Crippen LogP contribution in [0, 0.1) is 17.8 Å². The normalized spacial score (nSPS) is 24.8. The van der Waals surface area contributed by atoms with Crippen molar-refractivity contribution in [3.63, 3.8) is 0 Å². The zero-order valence-electron chi connectivity index (χ0n) is 11.3. The van der Waals surface area contributed by atoms with E-state index < -0.39 is 0 Å². The Kier molecular flexibility index (Phi) is 9.12. The minimum atomic E-state index is 0.880. The molecule has 0 spiro atoms. The van der Waals surface area contributed by atoms with Gasteiger partial charge >= 0.3 is 0 Å². The maximum absolute atomic E-state index is 3.35. The minimum absolute atomic E-state index is 0.880. The molecule has 2 aliphatic rings. The van der Waals surface area contributed by atoms with E-state index in [4.69, 9.17) is 0 Å². The zero-order valence-corrected chi connectivity index (χ0v) is 11.3. The number of hydrogen-bond acceptors (Lipinski definition) is 2. The molecule has 0 aromatic heterocycles. The van der Waals surface area contributed by atoms with E-state index in [0.717, 1.165) is 17.8 Å². The molecule has 0 radical (unpaired) electrons. The Hall–Kier alpha value is -0.0800. The Morgan fingerprint density at radius 2 is 1.53 bits per heavy atom. The molecule has 1 unspecified atom stereocenters. The molecule has 0 aliphatic carbocycles. The van der Waals surface area contributed by atoms with Gasteiger partial charge in [-0.1, -0.05) is 34.6 Å². The molecule has 2 N–H and O–H groups in total. The fourth-order valence-corrected chi connectivity index (χ4v) is 1.68. The van der Waals surface area contributed by atoms with Crippen molar-refractivity contribution >= 4 is 0 Å². The molecular weight excluding hydrogens is 184 g/mol. The Bertz CT molecular complexity index is 124. The van der Waals surface area contributed by atoms with Crippen LogP contribution in [-0.2, 0) is 0 Å². The van der Waals surface area contributed by atoms with Gasteiger partial charge < -0.3 is 10.6 Å². The molecule has 1 atom stereocenters. The Balaban J connectivity index is 0.000000241. The van der Waals surface area contributed by atoms with Gasteiger partial charge in [-0.2, -0.15) is 0 Å². The number of rotatable bonds is 1. The molecule has 0 amide bonds. The Morgan fingerprint density at radius 1 is 1.00 bits per heavy atom. The molecule has 2 rings (SSSR count). The molecular formula is C13H30N2. The molecule has 0 saturated carbocycles. The van der Waals surface area contributed by atoms with Gasteiger partial charge in [-0.25, -0.2) is 0 Å². The summed E-state index contributed by atoms with van der Waals surface area (Å²) in [6.07, 6.45) is 1.39. The van der Waals surface area contributed by atoms with Crippen LogP contribution in [0.1, 0.15) is 41.0 Å². The lowest BCUT2D eigenvalue weighted by atomic mass is 9.96. The van der Waals surface area contributed by atoms with Crippen LogP contribution in [0.4, 0.5) is 0 Å². The highest BCUT2D eigenvalue weighted by atomic mass is 14.9. The van der Waals surface area contributed by atoms with Crippen molar-refractivity contribution in [2.75, 3.05) is 26.2 Å². The van der Waals surface area contributed by atoms with E-state index in [0.29, 0.717) is 0 Å². The first-order valence-corrected chi connectivity index (χ1v) is 6.61. The molecule has 2 fully saturated rings. The highest BCUT2D eigenvalue weighted by Crippen LogP contribution is 2.16. The maximum atomic E-state index is 3.35. The standard InChI is InChI=1S/C7H15N.C4H9N.C2H6/c1-6(2)7-3-4-8-5-7;1-4-2-5-3-4;1-2/h6-8H,3-5H2,1-2H3;4-5H,2-3H2,1H3;1-2H3. The SMILES string of the molecule is CC.CC(C)C1CCNC1.CC1CNC1. The largest absolute Gasteiger partial charge is 0.316 e. The molecule has 15 heavy (non-hydrogen) atoms. The van der Waals surface area contributed by atoms with E-state index in [1.165, 1.54) is 32.6 Å². The molecule has 2 aliphatic heterocycles. The number of hydrogen-bond donors (Lipinski definition) is 2. The van der Waals surface area contributed by atoms with E-state index in [1.54, 1.807) is 0 Å². The van der Waals surface area contributed by atoms with Crippen LogP contribution in [-0.4, -0.2) is 26.2 Å². The van der Waals surface area contributed by atoms with Gasteiger partial charge in [-0.15, -0.1) is 0 Å². The van der Waals surface area contributed by atoms with E-state index >= 15 is 0 Å². The second-order valence-electron chi connectivity index (χ2n) is 4.76. The van der Waals surface area contributed by atoms with Crippen LogP contribution >= 0.6 is 0 Å². The van der Waals surface area contributed by atoms with Gasteiger partial charge in [-0.05, 0) is 50.4 Å². The highest BCUT2D eigenvalue weighted by molar-refractivity contribution is 4.72. The lowest BCUT2D eigenvalue weighted by Gasteiger charge is -2.21. The molecule has 2 heteroatoms. The van der Waals surface area contributed by atoms with Crippen LogP contribution in [0.25, 0.3) is 0 Å². The van der Waals surface area contributed by atoms with Crippen LogP contribution < -0.4 is 10.6 Å². The lowest BCUT2D eigenvalue weighted by molar-refractivity contribution is 0.379. The molecule has 92 valence electrons. The molecule has 2 saturated heterocycles. The van der Waals surface area contributed by atoms with Crippen LogP contribution in [0.5, 0.6) is 0 Å². The lowest BCUT2D eigenvalue weighted by Crippen LogP contribution is -2.39. The third kappa shape index (κ3) is 6.91. The van der Waals surface area contributed by atoms with Crippen LogP contribution in [0.3, 0.4) is 0 Å². The van der Waals surface area contributed by atoms with E-state index in [9.17, 15) is 0 Å². The van der Waals surface area contributed by atoms with Crippen molar-refractivity contribution in [1.82, 2.24) is 10.6 Å². The van der Waals surface area contributed by atoms with Crippen molar-refractivity contribution in [3.8, 4) is 0 Å². The monoisotopic (exact) mass is 214 g/mol. The second kappa shape index (κ2) is 9.17. The molecule has 2 nitrogen and oxygen atoms in total. The predicted octanol–water partition coefficient (Wildman–Crippen LogP) is 2.50. The maximum Gasteiger partial charge on any atom is -0.00109 e. The summed E-state index contributed by atoms with van der Waals surface area (Å²) in [5.41, 5.74) is 0. The van der Waals surface area contributed by atoms with Gasteiger partial charge in [0.1, 0.15) is 0 Å². The van der Waals surface area contributed by atoms with Crippen LogP contribution in [0.15, 0.2) is 0 Å². The average molecular weight is 214 g/mol. The highest BCUT2D eigenvalue weighted by Gasteiger charge is 2.16. The third-order valence-electron chi connectivity index (χ3n) is 3.03.